The van der Waals surface area contributed by atoms with Crippen molar-refractivity contribution in [2.75, 3.05) is 22.6 Å². The Kier molecular flexibility index (Phi) is 8.40. The van der Waals surface area contributed by atoms with Crippen LogP contribution in [0.5, 0.6) is 0 Å². The highest BCUT2D eigenvalue weighted by Gasteiger charge is 2.50. The molecule has 5 aliphatic rings. The third-order valence-electron chi connectivity index (χ3n) is 13.8. The maximum absolute atomic E-state index is 15.1. The zero-order valence-corrected chi connectivity index (χ0v) is 35.7. The van der Waals surface area contributed by atoms with Crippen molar-refractivity contribution in [2.45, 2.75) is 31.6 Å². The van der Waals surface area contributed by atoms with Gasteiger partial charge in [-0.15, -0.1) is 0 Å². The number of carbonyl (C=O) groups excluding carboxylic acids is 4. The van der Waals surface area contributed by atoms with Gasteiger partial charge in [-0.25, -0.2) is 9.79 Å². The summed E-state index contributed by atoms with van der Waals surface area (Å²) in [5.41, 5.74) is 11.2. The van der Waals surface area contributed by atoms with Crippen LogP contribution in [0.1, 0.15) is 57.6 Å². The van der Waals surface area contributed by atoms with Crippen molar-refractivity contribution in [3.8, 4) is 22.3 Å². The van der Waals surface area contributed by atoms with Gasteiger partial charge in [0, 0.05) is 60.7 Å². The molecule has 0 radical (unpaired) electrons. The summed E-state index contributed by atoms with van der Waals surface area (Å²) in [6, 6.07) is 48.8. The number of hydrogen-bond donors (Lipinski definition) is 4. The maximum atomic E-state index is 15.1. The van der Waals surface area contributed by atoms with Gasteiger partial charge in [0.05, 0.1) is 34.4 Å². The minimum atomic E-state index is -1.02. The Hall–Kier alpha value is -8.59. The van der Waals surface area contributed by atoms with Crippen LogP contribution in [0.3, 0.4) is 0 Å². The number of esters is 1. The number of allylic oxidation sites excluding steroid dienone is 2. The molecule has 2 heterocycles. The molecule has 0 bridgehead atoms. The van der Waals surface area contributed by atoms with E-state index in [0.717, 1.165) is 78.3 Å². The van der Waals surface area contributed by atoms with Gasteiger partial charge < -0.3 is 25.8 Å². The molecule has 2 spiro atoms. The van der Waals surface area contributed by atoms with Crippen molar-refractivity contribution in [3.63, 3.8) is 0 Å². The van der Waals surface area contributed by atoms with Gasteiger partial charge in [-0.3, -0.25) is 4.79 Å². The molecule has 10 heteroatoms. The Balaban J connectivity index is 0.00000148. The van der Waals surface area contributed by atoms with Crippen LogP contribution in [0.15, 0.2) is 156 Å². The van der Waals surface area contributed by atoms with Gasteiger partial charge in [0.1, 0.15) is 5.76 Å². The van der Waals surface area contributed by atoms with Gasteiger partial charge in [0.2, 0.25) is 5.78 Å². The maximum Gasteiger partial charge on any atom is 0.373 e. The predicted molar refractivity (Wildman–Crippen MR) is 253 cm³/mol. The number of rotatable bonds is 4. The number of fused-ring (bicyclic) bond motifs is 10. The molecule has 0 saturated carbocycles. The average Bonchev–Trinajstić information content (AvgIpc) is 3.76. The molecule has 0 fully saturated rings. The molecule has 0 saturated heterocycles. The summed E-state index contributed by atoms with van der Waals surface area (Å²) < 4.78 is 5.54. The number of ketones is 1. The first-order chi connectivity index (χ1) is 32.3. The fraction of sp³-hybridized carbons (Fsp3) is 0.107. The number of nitrogens with one attached hydrogen (secondary N) is 3. The standard InChI is InChI=1S/C55H38N4O4.CO2/c1-3-29-13-9-21-39-43(29)32-16-5-7-19-37(32)54(39)56-41-23-10-14-30-25-27-34(49(58-54)44(30)41)47-51(60)48(52(47)61)35-28-26-31-15-11-24-42-45(31)50(35)59-55(57-42)38-20-8-6-17-33(38)46-36(53(62)63-4-2)18-12-22-40(46)55;2-1-3/h5-28,56-57,59-60H,3-4H2,1-2H3;. The highest BCUT2D eigenvalue weighted by Crippen LogP contribution is 2.57. The number of anilines is 3. The molecule has 10 nitrogen and oxygen atoms in total. The van der Waals surface area contributed by atoms with E-state index in [9.17, 15) is 9.90 Å². The lowest BCUT2D eigenvalue weighted by Gasteiger charge is -2.41. The van der Waals surface area contributed by atoms with E-state index in [-0.39, 0.29) is 35.4 Å². The Labute approximate surface area is 377 Å². The smallest absolute Gasteiger partial charge is 0.373 e. The van der Waals surface area contributed by atoms with Crippen LogP contribution < -0.4 is 26.5 Å². The minimum Gasteiger partial charge on any atom is -0.506 e. The molecule has 2 unspecified atom stereocenters. The number of Topliss-reactive ketones (excluding diaryl/α,β-unsaturated/α-hetero) is 1. The first-order valence-electron chi connectivity index (χ1n) is 22.0. The molecular weight excluding hydrogens is 825 g/mol. The van der Waals surface area contributed by atoms with E-state index >= 15 is 4.79 Å². The molecule has 0 amide bonds. The van der Waals surface area contributed by atoms with Crippen LogP contribution in [0.25, 0.3) is 54.9 Å². The molecule has 3 aliphatic carbocycles. The van der Waals surface area contributed by atoms with E-state index in [1.54, 1.807) is 6.92 Å². The Morgan fingerprint density at radius 1 is 0.636 bits per heavy atom. The third kappa shape index (κ3) is 5.04. The van der Waals surface area contributed by atoms with Crippen LogP contribution in [0.2, 0.25) is 0 Å². The average molecular weight is 863 g/mol. The molecule has 2 atom stereocenters. The first-order valence-corrected chi connectivity index (χ1v) is 22.0. The highest BCUT2D eigenvalue weighted by atomic mass is 16.5. The van der Waals surface area contributed by atoms with E-state index in [1.807, 2.05) is 84.9 Å². The van der Waals surface area contributed by atoms with Crippen molar-refractivity contribution < 1.29 is 29.0 Å². The normalized spacial score (nSPS) is 19.2. The molecule has 4 N–H and O–H groups in total. The molecule has 318 valence electrons. The quantitative estimate of drug-likeness (QED) is 0.127. The minimum absolute atomic E-state index is 0.0735. The van der Waals surface area contributed by atoms with Gasteiger partial charge in [-0.1, -0.05) is 134 Å². The van der Waals surface area contributed by atoms with Crippen molar-refractivity contribution >= 4 is 67.7 Å². The van der Waals surface area contributed by atoms with Crippen LogP contribution >= 0.6 is 0 Å². The van der Waals surface area contributed by atoms with Crippen LogP contribution in [0, 0.1) is 0 Å². The topological polar surface area (TPSA) is 146 Å². The van der Waals surface area contributed by atoms with Gasteiger partial charge >= 0.3 is 12.1 Å². The molecular formula is C56H38N4O6. The molecule has 13 rings (SSSR count). The summed E-state index contributed by atoms with van der Waals surface area (Å²) in [5, 5.41) is 29.1. The van der Waals surface area contributed by atoms with Crippen LogP contribution in [-0.4, -0.2) is 29.6 Å². The largest absolute Gasteiger partial charge is 0.506 e. The summed E-state index contributed by atoms with van der Waals surface area (Å²) in [5.74, 6) is -0.725. The van der Waals surface area contributed by atoms with Gasteiger partial charge in [-0.2, -0.15) is 9.59 Å². The summed E-state index contributed by atoms with van der Waals surface area (Å²) >= 11 is 0. The molecule has 8 aromatic carbocycles. The van der Waals surface area contributed by atoms with Gasteiger partial charge in [0.25, 0.3) is 0 Å². The fourth-order valence-electron chi connectivity index (χ4n) is 11.2. The van der Waals surface area contributed by atoms with Gasteiger partial charge in [-0.05, 0) is 64.6 Å². The second-order valence-electron chi connectivity index (χ2n) is 16.9. The van der Waals surface area contributed by atoms with E-state index in [0.29, 0.717) is 27.4 Å². The lowest BCUT2D eigenvalue weighted by molar-refractivity contribution is -0.191. The van der Waals surface area contributed by atoms with E-state index in [2.05, 4.69) is 83.5 Å². The summed E-state index contributed by atoms with van der Waals surface area (Å²) in [4.78, 5) is 50.4. The number of aryl methyl sites for hydroxylation is 1. The lowest BCUT2D eigenvalue weighted by Crippen LogP contribution is -2.45. The molecule has 8 aromatic rings. The van der Waals surface area contributed by atoms with Crippen molar-refractivity contribution in [1.29, 1.82) is 0 Å². The SMILES string of the molecule is CCOC(=O)c1cccc2c1-c1ccccc1C21Nc2cccc3ccc(C4=C(O)C(=c5ccc6cccc7c6c5=NC5(N7)c6ccccc6-c6c(CC)cccc65)C4=O)c(c23)N1.O=C=O. The van der Waals surface area contributed by atoms with Crippen LogP contribution in [0.4, 0.5) is 17.1 Å². The summed E-state index contributed by atoms with van der Waals surface area (Å²) in [6.07, 6.45) is 1.12. The monoisotopic (exact) mass is 862 g/mol. The second-order valence-corrected chi connectivity index (χ2v) is 16.9. The number of aliphatic hydroxyl groups excluding tert-OH is 1. The molecule has 0 aromatic heterocycles. The summed E-state index contributed by atoms with van der Waals surface area (Å²) in [7, 11) is 0. The number of benzene rings is 8. The van der Waals surface area contributed by atoms with Crippen LogP contribution in [-0.2, 0) is 36.9 Å². The fourth-order valence-corrected chi connectivity index (χ4v) is 11.2. The number of ether oxygens (including phenoxy) is 1. The molecule has 2 aliphatic heterocycles. The van der Waals surface area contributed by atoms with E-state index in [4.69, 9.17) is 19.3 Å². The van der Waals surface area contributed by atoms with E-state index in [1.165, 1.54) is 11.1 Å². The Morgan fingerprint density at radius 3 is 2.02 bits per heavy atom. The predicted octanol–water partition coefficient (Wildman–Crippen LogP) is 9.50. The Morgan fingerprint density at radius 2 is 1.27 bits per heavy atom. The lowest BCUT2D eigenvalue weighted by atomic mass is 9.79. The van der Waals surface area contributed by atoms with Crippen molar-refractivity contribution in [2.24, 2.45) is 4.99 Å². The third-order valence-corrected chi connectivity index (χ3v) is 13.8. The van der Waals surface area contributed by atoms with E-state index < -0.39 is 17.3 Å². The number of hydrogen-bond acceptors (Lipinski definition) is 10. The number of aliphatic hydroxyl groups is 1. The Bertz CT molecular complexity index is 3740. The van der Waals surface area contributed by atoms with Crippen molar-refractivity contribution in [1.82, 2.24) is 0 Å². The zero-order chi connectivity index (χ0) is 45.1. The zero-order valence-electron chi connectivity index (χ0n) is 35.7. The summed E-state index contributed by atoms with van der Waals surface area (Å²) in [6.45, 7) is 4.24. The molecule has 66 heavy (non-hydrogen) atoms. The number of carbonyl (C=O) groups is 2. The highest BCUT2D eigenvalue weighted by molar-refractivity contribution is 6.52. The number of nitrogens with zero attached hydrogens (tertiary/aromatic N) is 1. The second kappa shape index (κ2) is 14.2. The van der Waals surface area contributed by atoms with Gasteiger partial charge in [0.15, 0.2) is 11.3 Å². The first kappa shape index (κ1) is 39.0. The van der Waals surface area contributed by atoms with Crippen molar-refractivity contribution in [3.05, 3.63) is 201 Å².